The molecule has 0 saturated carbocycles. The number of rotatable bonds is 17. The van der Waals surface area contributed by atoms with Crippen molar-refractivity contribution in [1.29, 1.82) is 26.3 Å². The molecule has 1 aliphatic heterocycles. The molecule has 0 aromatic rings. The van der Waals surface area contributed by atoms with Crippen LogP contribution in [0.4, 0.5) is 4.79 Å². The van der Waals surface area contributed by atoms with Gasteiger partial charge in [0, 0.05) is 65.4 Å². The normalized spacial score (nSPS) is 13.1. The van der Waals surface area contributed by atoms with Gasteiger partial charge < -0.3 is 15.1 Å². The summed E-state index contributed by atoms with van der Waals surface area (Å²) in [5.41, 5.74) is 0. The molecule has 0 atom stereocenters. The molecule has 0 aliphatic carbocycles. The molecular formula is C21H31N11O. The van der Waals surface area contributed by atoms with E-state index in [1.54, 1.807) is 19.6 Å². The van der Waals surface area contributed by atoms with Gasteiger partial charge in [0.05, 0.1) is 63.1 Å². The van der Waals surface area contributed by atoms with E-state index < -0.39 is 0 Å². The van der Waals surface area contributed by atoms with Gasteiger partial charge in [-0.05, 0) is 0 Å². The summed E-state index contributed by atoms with van der Waals surface area (Å²) in [5, 5.41) is 47.4. The molecule has 1 heterocycles. The fourth-order valence-corrected chi connectivity index (χ4v) is 3.40. The number of carbonyl (C=O) groups excluding carboxylic acids is 1. The predicted molar refractivity (Wildman–Crippen MR) is 119 cm³/mol. The van der Waals surface area contributed by atoms with Crippen molar-refractivity contribution >= 4 is 6.03 Å². The number of nitrogens with zero attached hydrogens (tertiary/aromatic N) is 10. The van der Waals surface area contributed by atoms with Crippen LogP contribution in [0.1, 0.15) is 0 Å². The minimum atomic E-state index is -0.0279. The molecule has 0 radical (unpaired) electrons. The SMILES string of the molecule is N#CCNCCN1CCN(CCN(CCN(CC#N)CC#N)CCN(CC#N)CC#N)C1=O. The number of amides is 2. The van der Waals surface area contributed by atoms with Gasteiger partial charge in [-0.1, -0.05) is 0 Å². The number of hydrogen-bond donors (Lipinski definition) is 1. The Morgan fingerprint density at radius 2 is 1.12 bits per heavy atom. The van der Waals surface area contributed by atoms with E-state index in [2.05, 4.69) is 34.5 Å². The van der Waals surface area contributed by atoms with Crippen molar-refractivity contribution in [3.05, 3.63) is 0 Å². The molecule has 0 aromatic carbocycles. The minimum Gasteiger partial charge on any atom is -0.322 e. The second kappa shape index (κ2) is 17.2. The van der Waals surface area contributed by atoms with Crippen LogP contribution in [0.15, 0.2) is 0 Å². The predicted octanol–water partition coefficient (Wildman–Crippen LogP) is -1.16. The average molecular weight is 454 g/mol. The van der Waals surface area contributed by atoms with Crippen LogP contribution in [0.3, 0.4) is 0 Å². The van der Waals surface area contributed by atoms with Gasteiger partial charge in [0.2, 0.25) is 0 Å². The maximum absolute atomic E-state index is 12.6. The van der Waals surface area contributed by atoms with Crippen LogP contribution < -0.4 is 5.32 Å². The zero-order chi connectivity index (χ0) is 24.3. The molecule has 1 aliphatic rings. The van der Waals surface area contributed by atoms with E-state index in [4.69, 9.17) is 26.3 Å². The maximum atomic E-state index is 12.6. The van der Waals surface area contributed by atoms with Crippen LogP contribution >= 0.6 is 0 Å². The third-order valence-electron chi connectivity index (χ3n) is 5.27. The first-order chi connectivity index (χ1) is 16.1. The highest BCUT2D eigenvalue weighted by Gasteiger charge is 2.28. The molecule has 1 saturated heterocycles. The Labute approximate surface area is 196 Å². The van der Waals surface area contributed by atoms with E-state index in [0.717, 1.165) is 0 Å². The molecule has 0 unspecified atom stereocenters. The Kier molecular flexibility index (Phi) is 14.3. The zero-order valence-corrected chi connectivity index (χ0v) is 19.0. The van der Waals surface area contributed by atoms with E-state index in [1.165, 1.54) is 0 Å². The van der Waals surface area contributed by atoms with Crippen molar-refractivity contribution in [2.24, 2.45) is 0 Å². The van der Waals surface area contributed by atoms with Crippen molar-refractivity contribution in [3.8, 4) is 30.3 Å². The Bertz CT molecular complexity index is 725. The molecule has 33 heavy (non-hydrogen) atoms. The number of nitriles is 5. The average Bonchev–Trinajstić information content (AvgIpc) is 3.15. The smallest absolute Gasteiger partial charge is 0.320 e. The van der Waals surface area contributed by atoms with Crippen LogP contribution in [0.5, 0.6) is 0 Å². The summed E-state index contributed by atoms with van der Waals surface area (Å²) in [5.74, 6) is 0. The Hall–Kier alpha value is -3.44. The van der Waals surface area contributed by atoms with Crippen LogP contribution in [0, 0.1) is 56.7 Å². The summed E-state index contributed by atoms with van der Waals surface area (Å²) in [6.45, 7) is 6.69. The lowest BCUT2D eigenvalue weighted by molar-refractivity contribution is 0.169. The van der Waals surface area contributed by atoms with Gasteiger partial charge in [0.15, 0.2) is 0 Å². The van der Waals surface area contributed by atoms with Crippen LogP contribution in [0.25, 0.3) is 0 Å². The highest BCUT2D eigenvalue weighted by atomic mass is 16.2. The van der Waals surface area contributed by atoms with E-state index >= 15 is 0 Å². The number of nitrogens with one attached hydrogen (secondary N) is 1. The molecule has 0 spiro atoms. The fourth-order valence-electron chi connectivity index (χ4n) is 3.40. The van der Waals surface area contributed by atoms with Gasteiger partial charge in [0.25, 0.3) is 0 Å². The molecule has 2 amide bonds. The lowest BCUT2D eigenvalue weighted by atomic mass is 10.3. The number of hydrogen-bond acceptors (Lipinski definition) is 10. The Balaban J connectivity index is 2.63. The lowest BCUT2D eigenvalue weighted by Gasteiger charge is -2.29. The van der Waals surface area contributed by atoms with Gasteiger partial charge >= 0.3 is 6.03 Å². The highest BCUT2D eigenvalue weighted by Crippen LogP contribution is 2.08. The van der Waals surface area contributed by atoms with E-state index in [9.17, 15) is 4.79 Å². The van der Waals surface area contributed by atoms with Crippen LogP contribution in [-0.4, -0.2) is 129 Å². The van der Waals surface area contributed by atoms with Crippen molar-refractivity contribution in [2.75, 3.05) is 98.2 Å². The van der Waals surface area contributed by atoms with E-state index in [1.807, 2.05) is 6.07 Å². The first kappa shape index (κ1) is 27.6. The molecule has 0 aromatic heterocycles. The number of carbonyl (C=O) groups is 1. The summed E-state index contributed by atoms with van der Waals surface area (Å²) >= 11 is 0. The van der Waals surface area contributed by atoms with Crippen LogP contribution in [0.2, 0.25) is 0 Å². The van der Waals surface area contributed by atoms with Crippen molar-refractivity contribution in [1.82, 2.24) is 29.8 Å². The summed E-state index contributed by atoms with van der Waals surface area (Å²) in [6.07, 6.45) is 0. The molecule has 1 fully saturated rings. The van der Waals surface area contributed by atoms with Gasteiger partial charge in [-0.15, -0.1) is 0 Å². The van der Waals surface area contributed by atoms with E-state index in [0.29, 0.717) is 65.4 Å². The highest BCUT2D eigenvalue weighted by molar-refractivity contribution is 5.76. The monoisotopic (exact) mass is 453 g/mol. The third kappa shape index (κ3) is 11.1. The minimum absolute atomic E-state index is 0.0279. The molecule has 0 bridgehead atoms. The van der Waals surface area contributed by atoms with Gasteiger partial charge in [-0.2, -0.15) is 26.3 Å². The topological polar surface area (TPSA) is 164 Å². The first-order valence-electron chi connectivity index (χ1n) is 10.9. The summed E-state index contributed by atoms with van der Waals surface area (Å²) < 4.78 is 0. The fraction of sp³-hybridized carbons (Fsp3) is 0.714. The standard InChI is InChI=1S/C21H31N11O/c22-1-6-27-7-12-31-19-20-32(21(31)33)18-17-30(15-13-28(8-2-23)9-3-24)16-14-29(10-4-25)11-5-26/h27H,6-20H2. The number of urea groups is 1. The van der Waals surface area contributed by atoms with Gasteiger partial charge in [0.1, 0.15) is 0 Å². The van der Waals surface area contributed by atoms with Crippen molar-refractivity contribution in [3.63, 3.8) is 0 Å². The molecule has 176 valence electrons. The quantitative estimate of drug-likeness (QED) is 0.210. The lowest BCUT2D eigenvalue weighted by Crippen LogP contribution is -2.44. The third-order valence-corrected chi connectivity index (χ3v) is 5.27. The molecule has 12 heteroatoms. The second-order valence-electron chi connectivity index (χ2n) is 7.49. The summed E-state index contributed by atoms with van der Waals surface area (Å²) in [4.78, 5) is 21.8. The second-order valence-corrected chi connectivity index (χ2v) is 7.49. The summed E-state index contributed by atoms with van der Waals surface area (Å²) in [7, 11) is 0. The summed E-state index contributed by atoms with van der Waals surface area (Å²) in [6, 6.07) is 10.2. The molecule has 1 N–H and O–H groups in total. The zero-order valence-electron chi connectivity index (χ0n) is 19.0. The van der Waals surface area contributed by atoms with Crippen molar-refractivity contribution < 1.29 is 4.79 Å². The van der Waals surface area contributed by atoms with Gasteiger partial charge in [-0.3, -0.25) is 14.7 Å². The molecule has 12 nitrogen and oxygen atoms in total. The molecule has 1 rings (SSSR count). The largest absolute Gasteiger partial charge is 0.322 e. The van der Waals surface area contributed by atoms with E-state index in [-0.39, 0.29) is 38.8 Å². The maximum Gasteiger partial charge on any atom is 0.320 e. The van der Waals surface area contributed by atoms with Gasteiger partial charge in [-0.25, -0.2) is 4.79 Å². The Morgan fingerprint density at radius 3 is 1.58 bits per heavy atom. The van der Waals surface area contributed by atoms with Crippen molar-refractivity contribution in [2.45, 2.75) is 0 Å². The molecular weight excluding hydrogens is 422 g/mol. The first-order valence-corrected chi connectivity index (χ1v) is 10.9. The van der Waals surface area contributed by atoms with Crippen LogP contribution in [-0.2, 0) is 0 Å². The Morgan fingerprint density at radius 1 is 0.667 bits per heavy atom.